The normalized spacial score (nSPS) is 18.9. The molecular weight excluding hydrogens is 481 g/mol. The molecule has 1 atom stereocenters. The molecule has 3 aromatic heterocycles. The molecule has 1 aliphatic carbocycles. The third-order valence-corrected chi connectivity index (χ3v) is 7.38. The number of hydrogen-bond acceptors (Lipinski definition) is 8. The first kappa shape index (κ1) is 23.6. The van der Waals surface area contributed by atoms with Crippen LogP contribution in [0.2, 0.25) is 0 Å². The van der Waals surface area contributed by atoms with E-state index >= 15 is 0 Å². The summed E-state index contributed by atoms with van der Waals surface area (Å²) in [7, 11) is 0. The maximum atomic E-state index is 13.6. The Labute approximate surface area is 204 Å². The standard InChI is InChI=1S/C22H25F3N8OS/c1-12-10-31(6-7-32(12)17(34)11-33-14(3)28-13(2)30-33)20-18(29-21(35-20)22(23,24)25)16-8-26-19(27-9-16)15-4-5-15/h8-9,12,15H,4-7,10-11H2,1-3H3. The summed E-state index contributed by atoms with van der Waals surface area (Å²) in [5.74, 6) is 2.22. The third kappa shape index (κ3) is 4.86. The summed E-state index contributed by atoms with van der Waals surface area (Å²) in [4.78, 5) is 33.4. The molecule has 1 saturated carbocycles. The Balaban J connectivity index is 1.36. The van der Waals surface area contributed by atoms with Crippen LogP contribution >= 0.6 is 11.3 Å². The minimum Gasteiger partial charge on any atom is -0.358 e. The number of aromatic nitrogens is 6. The molecule has 1 aliphatic heterocycles. The van der Waals surface area contributed by atoms with Gasteiger partial charge >= 0.3 is 6.18 Å². The number of aryl methyl sites for hydroxylation is 2. The first-order chi connectivity index (χ1) is 16.6. The molecule has 3 aromatic rings. The van der Waals surface area contributed by atoms with Crippen LogP contribution in [0, 0.1) is 13.8 Å². The number of nitrogens with zero attached hydrogens (tertiary/aromatic N) is 8. The minimum absolute atomic E-state index is 0.0751. The summed E-state index contributed by atoms with van der Waals surface area (Å²) in [6, 6.07) is -0.209. The number of hydrogen-bond donors (Lipinski definition) is 0. The number of amides is 1. The van der Waals surface area contributed by atoms with Crippen molar-refractivity contribution in [2.75, 3.05) is 24.5 Å². The zero-order chi connectivity index (χ0) is 24.9. The molecule has 1 unspecified atom stereocenters. The molecule has 0 N–H and O–H groups in total. The van der Waals surface area contributed by atoms with Crippen LogP contribution in [0.1, 0.15) is 48.2 Å². The lowest BCUT2D eigenvalue weighted by Gasteiger charge is -2.40. The molecule has 2 fully saturated rings. The fraction of sp³-hybridized carbons (Fsp3) is 0.545. The zero-order valence-corrected chi connectivity index (χ0v) is 20.4. The van der Waals surface area contributed by atoms with Crippen molar-refractivity contribution in [3.05, 3.63) is 34.9 Å². The number of halogens is 3. The van der Waals surface area contributed by atoms with Gasteiger partial charge in [-0.05, 0) is 33.6 Å². The van der Waals surface area contributed by atoms with Crippen LogP contribution in [0.5, 0.6) is 0 Å². The predicted molar refractivity (Wildman–Crippen MR) is 123 cm³/mol. The second-order valence-corrected chi connectivity index (χ2v) is 10.00. The number of alkyl halides is 3. The Morgan fingerprint density at radius 3 is 2.43 bits per heavy atom. The van der Waals surface area contributed by atoms with Gasteiger partial charge in [-0.1, -0.05) is 11.3 Å². The summed E-state index contributed by atoms with van der Waals surface area (Å²) < 4.78 is 42.2. The van der Waals surface area contributed by atoms with Crippen molar-refractivity contribution in [2.45, 2.75) is 58.3 Å². The van der Waals surface area contributed by atoms with Crippen LogP contribution in [0.3, 0.4) is 0 Å². The van der Waals surface area contributed by atoms with Gasteiger partial charge in [0.25, 0.3) is 0 Å². The van der Waals surface area contributed by atoms with Gasteiger partial charge in [0.1, 0.15) is 34.7 Å². The molecule has 9 nitrogen and oxygen atoms in total. The Hall–Kier alpha value is -3.09. The molecule has 2 aliphatic rings. The van der Waals surface area contributed by atoms with Gasteiger partial charge in [-0.2, -0.15) is 18.3 Å². The van der Waals surface area contributed by atoms with Crippen molar-refractivity contribution in [1.29, 1.82) is 0 Å². The van der Waals surface area contributed by atoms with E-state index in [1.165, 1.54) is 0 Å². The van der Waals surface area contributed by atoms with Gasteiger partial charge in [0, 0.05) is 49.6 Å². The average Bonchev–Trinajstić information content (AvgIpc) is 3.46. The van der Waals surface area contributed by atoms with Crippen molar-refractivity contribution in [3.63, 3.8) is 0 Å². The highest BCUT2D eigenvalue weighted by Gasteiger charge is 2.38. The molecule has 0 aromatic carbocycles. The Morgan fingerprint density at radius 2 is 1.86 bits per heavy atom. The minimum atomic E-state index is -4.55. The monoisotopic (exact) mass is 506 g/mol. The van der Waals surface area contributed by atoms with Gasteiger partial charge in [0.2, 0.25) is 10.9 Å². The van der Waals surface area contributed by atoms with Crippen LogP contribution in [0.25, 0.3) is 11.3 Å². The van der Waals surface area contributed by atoms with E-state index in [4.69, 9.17) is 0 Å². The topological polar surface area (TPSA) is 92.9 Å². The molecule has 5 rings (SSSR count). The summed E-state index contributed by atoms with van der Waals surface area (Å²) in [6.45, 7) is 6.67. The van der Waals surface area contributed by atoms with E-state index in [0.29, 0.717) is 59.1 Å². The summed E-state index contributed by atoms with van der Waals surface area (Å²) in [6.07, 6.45) is 0.646. The molecule has 35 heavy (non-hydrogen) atoms. The summed E-state index contributed by atoms with van der Waals surface area (Å²) in [5.41, 5.74) is 0.685. The molecular formula is C22H25F3N8OS. The van der Waals surface area contributed by atoms with Crippen molar-refractivity contribution < 1.29 is 18.0 Å². The van der Waals surface area contributed by atoms with Gasteiger partial charge in [-0.15, -0.1) is 0 Å². The lowest BCUT2D eigenvalue weighted by molar-refractivity contribution is -0.137. The Kier molecular flexibility index (Phi) is 5.98. The van der Waals surface area contributed by atoms with Crippen molar-refractivity contribution >= 4 is 22.2 Å². The largest absolute Gasteiger partial charge is 0.443 e. The lowest BCUT2D eigenvalue weighted by Crippen LogP contribution is -2.54. The first-order valence-corrected chi connectivity index (χ1v) is 12.2. The van der Waals surface area contributed by atoms with E-state index in [9.17, 15) is 18.0 Å². The van der Waals surface area contributed by atoms with E-state index in [-0.39, 0.29) is 24.2 Å². The number of carbonyl (C=O) groups is 1. The van der Waals surface area contributed by atoms with Gasteiger partial charge in [-0.3, -0.25) is 4.79 Å². The Morgan fingerprint density at radius 1 is 1.14 bits per heavy atom. The predicted octanol–water partition coefficient (Wildman–Crippen LogP) is 3.44. The van der Waals surface area contributed by atoms with E-state index < -0.39 is 11.2 Å². The number of thiazole rings is 1. The smallest absolute Gasteiger partial charge is 0.358 e. The number of carbonyl (C=O) groups excluding carboxylic acids is 1. The summed E-state index contributed by atoms with van der Waals surface area (Å²) >= 11 is 0.618. The maximum Gasteiger partial charge on any atom is 0.443 e. The fourth-order valence-electron chi connectivity index (χ4n) is 4.29. The lowest BCUT2D eigenvalue weighted by atomic mass is 10.1. The highest BCUT2D eigenvalue weighted by atomic mass is 32.1. The van der Waals surface area contributed by atoms with Crippen LogP contribution in [-0.2, 0) is 17.5 Å². The molecule has 186 valence electrons. The average molecular weight is 507 g/mol. The van der Waals surface area contributed by atoms with Crippen LogP contribution < -0.4 is 4.90 Å². The molecule has 1 amide bonds. The highest BCUT2D eigenvalue weighted by Crippen LogP contribution is 2.43. The third-order valence-electron chi connectivity index (χ3n) is 6.22. The van der Waals surface area contributed by atoms with Crippen LogP contribution in [0.15, 0.2) is 12.4 Å². The van der Waals surface area contributed by atoms with Crippen molar-refractivity contribution in [3.8, 4) is 11.3 Å². The van der Waals surface area contributed by atoms with Crippen LogP contribution in [-0.4, -0.2) is 66.2 Å². The van der Waals surface area contributed by atoms with E-state index in [2.05, 4.69) is 25.0 Å². The maximum absolute atomic E-state index is 13.6. The van der Waals surface area contributed by atoms with E-state index in [1.807, 2.05) is 11.8 Å². The second kappa shape index (κ2) is 8.85. The number of anilines is 1. The van der Waals surface area contributed by atoms with E-state index in [1.54, 1.807) is 35.8 Å². The number of rotatable bonds is 5. The van der Waals surface area contributed by atoms with Crippen molar-refractivity contribution in [1.82, 2.24) is 34.6 Å². The molecule has 0 bridgehead atoms. The van der Waals surface area contributed by atoms with Gasteiger partial charge in [0.05, 0.1) is 0 Å². The molecule has 1 saturated heterocycles. The van der Waals surface area contributed by atoms with Gasteiger partial charge in [0.15, 0.2) is 0 Å². The highest BCUT2D eigenvalue weighted by molar-refractivity contribution is 7.16. The molecule has 13 heteroatoms. The number of piperazine rings is 1. The molecule has 4 heterocycles. The van der Waals surface area contributed by atoms with Crippen LogP contribution in [0.4, 0.5) is 18.2 Å². The quantitative estimate of drug-likeness (QED) is 0.523. The van der Waals surface area contributed by atoms with Crippen molar-refractivity contribution in [2.24, 2.45) is 0 Å². The Bertz CT molecular complexity index is 1230. The second-order valence-electron chi connectivity index (χ2n) is 9.02. The SMILES string of the molecule is Cc1nc(C)n(CC(=O)N2CCN(c3sc(C(F)(F)F)nc3-c3cnc(C4CC4)nc3)CC2C)n1. The van der Waals surface area contributed by atoms with Gasteiger partial charge < -0.3 is 9.80 Å². The first-order valence-electron chi connectivity index (χ1n) is 11.4. The molecule has 0 spiro atoms. The fourth-order valence-corrected chi connectivity index (χ4v) is 5.28. The van der Waals surface area contributed by atoms with Gasteiger partial charge in [-0.25, -0.2) is 24.6 Å². The van der Waals surface area contributed by atoms with E-state index in [0.717, 1.165) is 18.7 Å². The zero-order valence-electron chi connectivity index (χ0n) is 19.6. The summed E-state index contributed by atoms with van der Waals surface area (Å²) in [5, 5.41) is 3.76. The molecule has 0 radical (unpaired) electrons.